The van der Waals surface area contributed by atoms with Crippen LogP contribution >= 0.6 is 11.3 Å². The molecule has 5 heteroatoms. The van der Waals surface area contributed by atoms with Crippen LogP contribution in [0.25, 0.3) is 0 Å². The van der Waals surface area contributed by atoms with Gasteiger partial charge in [-0.05, 0) is 55.0 Å². The lowest BCUT2D eigenvalue weighted by Crippen LogP contribution is -2.44. The summed E-state index contributed by atoms with van der Waals surface area (Å²) in [5.74, 6) is 0.697. The second-order valence-electron chi connectivity index (χ2n) is 5.96. The lowest BCUT2D eigenvalue weighted by atomic mass is 10.1. The van der Waals surface area contributed by atoms with Gasteiger partial charge in [0.25, 0.3) is 0 Å². The van der Waals surface area contributed by atoms with E-state index in [0.29, 0.717) is 5.75 Å². The largest absolute Gasteiger partial charge is 0.495 e. The first-order valence-corrected chi connectivity index (χ1v) is 8.71. The summed E-state index contributed by atoms with van der Waals surface area (Å²) in [5, 5.41) is 5.15. The molecule has 1 aromatic carbocycles. The number of benzene rings is 1. The van der Waals surface area contributed by atoms with Gasteiger partial charge in [0.2, 0.25) is 5.91 Å². The number of anilines is 1. The molecule has 0 aliphatic carbocycles. The van der Waals surface area contributed by atoms with Gasteiger partial charge in [0, 0.05) is 18.0 Å². The number of carbonyl (C=O) groups excluding carboxylic acids is 1. The van der Waals surface area contributed by atoms with E-state index < -0.39 is 0 Å². The zero-order valence-electron chi connectivity index (χ0n) is 13.8. The van der Waals surface area contributed by atoms with Crippen LogP contribution in [0, 0.1) is 6.92 Å². The second-order valence-corrected chi connectivity index (χ2v) is 6.96. The molecule has 122 valence electrons. The maximum absolute atomic E-state index is 12.6. The fourth-order valence-electron chi connectivity index (χ4n) is 2.92. The zero-order chi connectivity index (χ0) is 16.4. The highest BCUT2D eigenvalue weighted by molar-refractivity contribution is 7.10. The van der Waals surface area contributed by atoms with Crippen molar-refractivity contribution in [2.75, 3.05) is 19.0 Å². The summed E-state index contributed by atoms with van der Waals surface area (Å²) < 4.78 is 5.34. The van der Waals surface area contributed by atoms with Gasteiger partial charge in [-0.1, -0.05) is 6.07 Å². The number of methoxy groups -OCH3 is 1. The summed E-state index contributed by atoms with van der Waals surface area (Å²) in [6.07, 6.45) is 1.03. The van der Waals surface area contributed by atoms with E-state index in [0.717, 1.165) is 30.8 Å². The second kappa shape index (κ2) is 6.72. The molecular weight excluding hydrogens is 308 g/mol. The van der Waals surface area contributed by atoms with Crippen LogP contribution in [0.1, 0.15) is 22.9 Å². The molecule has 0 spiro atoms. The van der Waals surface area contributed by atoms with Crippen molar-refractivity contribution in [1.29, 1.82) is 0 Å². The molecule has 1 N–H and O–H groups in total. The van der Waals surface area contributed by atoms with E-state index in [4.69, 9.17) is 4.74 Å². The standard InChI is InChI=1S/C18H22N2O2S/c1-12-4-5-16(22-3)15(10-12)19-18(21)13(2)20-8-6-17-14(11-20)7-9-23-17/h4-5,7,9-10,13H,6,8,11H2,1-3H3,(H,19,21). The number of fused-ring (bicyclic) bond motifs is 1. The van der Waals surface area contributed by atoms with Crippen LogP contribution in [0.15, 0.2) is 29.6 Å². The molecule has 1 aliphatic heterocycles. The minimum absolute atomic E-state index is 0.00702. The van der Waals surface area contributed by atoms with Gasteiger partial charge < -0.3 is 10.1 Å². The maximum Gasteiger partial charge on any atom is 0.241 e. The van der Waals surface area contributed by atoms with Crippen LogP contribution in [0.4, 0.5) is 5.69 Å². The Labute approximate surface area is 141 Å². The first kappa shape index (κ1) is 16.0. The van der Waals surface area contributed by atoms with Gasteiger partial charge in [-0.2, -0.15) is 0 Å². The highest BCUT2D eigenvalue weighted by Crippen LogP contribution is 2.27. The fourth-order valence-corrected chi connectivity index (χ4v) is 3.81. The SMILES string of the molecule is COc1ccc(C)cc1NC(=O)C(C)N1CCc2sccc2C1. The van der Waals surface area contributed by atoms with Gasteiger partial charge in [-0.15, -0.1) is 11.3 Å². The molecule has 2 heterocycles. The lowest BCUT2D eigenvalue weighted by Gasteiger charge is -2.31. The molecule has 0 saturated carbocycles. The van der Waals surface area contributed by atoms with E-state index in [-0.39, 0.29) is 11.9 Å². The minimum atomic E-state index is -0.173. The number of ether oxygens (including phenoxy) is 1. The molecule has 1 aliphatic rings. The first-order chi connectivity index (χ1) is 11.1. The number of thiophene rings is 1. The molecule has 0 saturated heterocycles. The fraction of sp³-hybridized carbons (Fsp3) is 0.389. The number of aryl methyl sites for hydroxylation is 1. The molecule has 1 aromatic heterocycles. The number of hydrogen-bond acceptors (Lipinski definition) is 4. The van der Waals surface area contributed by atoms with Crippen molar-refractivity contribution in [2.24, 2.45) is 0 Å². The smallest absolute Gasteiger partial charge is 0.241 e. The van der Waals surface area contributed by atoms with E-state index in [1.54, 1.807) is 7.11 Å². The molecule has 3 rings (SSSR count). The molecule has 1 amide bonds. The molecule has 2 aromatic rings. The Hall–Kier alpha value is -1.85. The van der Waals surface area contributed by atoms with Crippen LogP contribution in [0.2, 0.25) is 0 Å². The zero-order valence-corrected chi connectivity index (χ0v) is 14.6. The van der Waals surface area contributed by atoms with Gasteiger partial charge in [-0.25, -0.2) is 0 Å². The average Bonchev–Trinajstić information content (AvgIpc) is 3.01. The third-order valence-corrected chi connectivity index (χ3v) is 5.40. The average molecular weight is 330 g/mol. The number of amides is 1. The predicted molar refractivity (Wildman–Crippen MR) is 94.3 cm³/mol. The summed E-state index contributed by atoms with van der Waals surface area (Å²) >= 11 is 1.81. The Kier molecular flexibility index (Phi) is 4.68. The van der Waals surface area contributed by atoms with Crippen molar-refractivity contribution in [2.45, 2.75) is 32.9 Å². The Morgan fingerprint density at radius 2 is 2.22 bits per heavy atom. The summed E-state index contributed by atoms with van der Waals surface area (Å²) in [4.78, 5) is 16.3. The number of nitrogens with one attached hydrogen (secondary N) is 1. The molecule has 23 heavy (non-hydrogen) atoms. The quantitative estimate of drug-likeness (QED) is 0.933. The molecule has 4 nitrogen and oxygen atoms in total. The summed E-state index contributed by atoms with van der Waals surface area (Å²) in [5.41, 5.74) is 3.18. The molecule has 0 fully saturated rings. The van der Waals surface area contributed by atoms with E-state index in [9.17, 15) is 4.79 Å². The van der Waals surface area contributed by atoms with E-state index in [1.807, 2.05) is 43.4 Å². The van der Waals surface area contributed by atoms with Crippen molar-refractivity contribution in [1.82, 2.24) is 4.90 Å². The van der Waals surface area contributed by atoms with Crippen molar-refractivity contribution in [3.63, 3.8) is 0 Å². The highest BCUT2D eigenvalue weighted by atomic mass is 32.1. The molecule has 1 atom stereocenters. The van der Waals surface area contributed by atoms with Gasteiger partial charge in [0.15, 0.2) is 0 Å². The number of nitrogens with zero attached hydrogens (tertiary/aromatic N) is 1. The number of hydrogen-bond donors (Lipinski definition) is 1. The maximum atomic E-state index is 12.6. The van der Waals surface area contributed by atoms with E-state index in [2.05, 4.69) is 21.7 Å². The molecule has 0 bridgehead atoms. The lowest BCUT2D eigenvalue weighted by molar-refractivity contribution is -0.121. The molecular formula is C18H22N2O2S. The number of rotatable bonds is 4. The minimum Gasteiger partial charge on any atom is -0.495 e. The van der Waals surface area contributed by atoms with E-state index in [1.165, 1.54) is 10.4 Å². The Morgan fingerprint density at radius 3 is 3.00 bits per heavy atom. The first-order valence-electron chi connectivity index (χ1n) is 7.83. The van der Waals surface area contributed by atoms with Gasteiger partial charge >= 0.3 is 0 Å². The van der Waals surface area contributed by atoms with Crippen LogP contribution < -0.4 is 10.1 Å². The van der Waals surface area contributed by atoms with Crippen molar-refractivity contribution in [3.8, 4) is 5.75 Å². The van der Waals surface area contributed by atoms with E-state index >= 15 is 0 Å². The Balaban J connectivity index is 1.70. The Bertz CT molecular complexity index is 711. The van der Waals surface area contributed by atoms with Gasteiger partial charge in [0.05, 0.1) is 18.8 Å². The predicted octanol–water partition coefficient (Wildman–Crippen LogP) is 3.45. The van der Waals surface area contributed by atoms with Crippen LogP contribution in [0.3, 0.4) is 0 Å². The Morgan fingerprint density at radius 1 is 1.39 bits per heavy atom. The van der Waals surface area contributed by atoms with Crippen molar-refractivity contribution < 1.29 is 9.53 Å². The summed E-state index contributed by atoms with van der Waals surface area (Å²) in [6.45, 7) is 5.74. The number of carbonyl (C=O) groups is 1. The summed E-state index contributed by atoms with van der Waals surface area (Å²) in [7, 11) is 1.62. The molecule has 1 unspecified atom stereocenters. The normalized spacial score (nSPS) is 15.8. The molecule has 0 radical (unpaired) electrons. The van der Waals surface area contributed by atoms with Gasteiger partial charge in [-0.3, -0.25) is 9.69 Å². The van der Waals surface area contributed by atoms with Crippen LogP contribution in [0.5, 0.6) is 5.75 Å². The van der Waals surface area contributed by atoms with Crippen LogP contribution in [-0.2, 0) is 17.8 Å². The van der Waals surface area contributed by atoms with Crippen LogP contribution in [-0.4, -0.2) is 30.5 Å². The topological polar surface area (TPSA) is 41.6 Å². The highest BCUT2D eigenvalue weighted by Gasteiger charge is 2.26. The third kappa shape index (κ3) is 3.41. The van der Waals surface area contributed by atoms with Crippen molar-refractivity contribution in [3.05, 3.63) is 45.6 Å². The monoisotopic (exact) mass is 330 g/mol. The van der Waals surface area contributed by atoms with Gasteiger partial charge in [0.1, 0.15) is 5.75 Å². The summed E-state index contributed by atoms with van der Waals surface area (Å²) in [6, 6.07) is 7.79. The third-order valence-electron chi connectivity index (χ3n) is 4.38. The van der Waals surface area contributed by atoms with Crippen molar-refractivity contribution >= 4 is 22.9 Å².